The molecule has 0 aromatic heterocycles. The molecule has 0 saturated heterocycles. The Morgan fingerprint density at radius 1 is 1.18 bits per heavy atom. The predicted octanol–water partition coefficient (Wildman–Crippen LogP) is 1.78. The molecule has 0 unspecified atom stereocenters. The summed E-state index contributed by atoms with van der Waals surface area (Å²) in [5.74, 6) is 0.249. The molecule has 0 atom stereocenters. The van der Waals surface area contributed by atoms with E-state index in [4.69, 9.17) is 14.2 Å². The van der Waals surface area contributed by atoms with Crippen molar-refractivity contribution in [2.45, 2.75) is 19.9 Å². The summed E-state index contributed by atoms with van der Waals surface area (Å²) < 4.78 is 15.1. The Morgan fingerprint density at radius 3 is 2.45 bits per heavy atom. The van der Waals surface area contributed by atoms with E-state index in [-0.39, 0.29) is 18.6 Å². The molecule has 0 aliphatic rings. The number of amides is 1. The molecule has 0 bridgehead atoms. The summed E-state index contributed by atoms with van der Waals surface area (Å²) in [6, 6.07) is 5.25. The maximum Gasteiger partial charge on any atom is 0.331 e. The molecule has 1 aromatic rings. The highest BCUT2D eigenvalue weighted by molar-refractivity contribution is 5.89. The highest BCUT2D eigenvalue weighted by Gasteiger charge is 2.06. The van der Waals surface area contributed by atoms with Gasteiger partial charge in [-0.15, -0.1) is 0 Å². The molecule has 0 saturated carbocycles. The van der Waals surface area contributed by atoms with Crippen LogP contribution in [0.2, 0.25) is 0 Å². The van der Waals surface area contributed by atoms with E-state index in [0.29, 0.717) is 11.5 Å². The first-order chi connectivity index (χ1) is 10.5. The molecule has 1 rings (SSSR count). The van der Waals surface area contributed by atoms with Crippen LogP contribution in [-0.4, -0.2) is 38.7 Å². The molecule has 1 N–H and O–H groups in total. The van der Waals surface area contributed by atoms with Crippen molar-refractivity contribution in [2.24, 2.45) is 0 Å². The van der Waals surface area contributed by atoms with Gasteiger partial charge in [0.1, 0.15) is 0 Å². The largest absolute Gasteiger partial charge is 0.493 e. The van der Waals surface area contributed by atoms with Gasteiger partial charge >= 0.3 is 5.97 Å². The number of esters is 1. The van der Waals surface area contributed by atoms with Crippen LogP contribution in [-0.2, 0) is 14.3 Å². The van der Waals surface area contributed by atoms with Crippen molar-refractivity contribution in [2.75, 3.05) is 20.8 Å². The first kappa shape index (κ1) is 17.6. The first-order valence-electron chi connectivity index (χ1n) is 6.82. The summed E-state index contributed by atoms with van der Waals surface area (Å²) in [5.41, 5.74) is 0.751. The second-order valence-electron chi connectivity index (χ2n) is 4.78. The fraction of sp³-hybridized carbons (Fsp3) is 0.375. The number of hydrogen-bond acceptors (Lipinski definition) is 5. The monoisotopic (exact) mass is 307 g/mol. The van der Waals surface area contributed by atoms with Crippen LogP contribution in [0.3, 0.4) is 0 Å². The molecular formula is C16H21NO5. The lowest BCUT2D eigenvalue weighted by molar-refractivity contribution is -0.143. The van der Waals surface area contributed by atoms with Gasteiger partial charge in [0.05, 0.1) is 14.2 Å². The first-order valence-corrected chi connectivity index (χ1v) is 6.82. The fourth-order valence-electron chi connectivity index (χ4n) is 1.67. The lowest BCUT2D eigenvalue weighted by atomic mass is 10.2. The summed E-state index contributed by atoms with van der Waals surface area (Å²) in [4.78, 5) is 22.9. The van der Waals surface area contributed by atoms with E-state index >= 15 is 0 Å². The zero-order valence-corrected chi connectivity index (χ0v) is 13.2. The highest BCUT2D eigenvalue weighted by atomic mass is 16.5. The lowest BCUT2D eigenvalue weighted by Gasteiger charge is -2.08. The van der Waals surface area contributed by atoms with Crippen LogP contribution in [0.25, 0.3) is 6.08 Å². The predicted molar refractivity (Wildman–Crippen MR) is 82.8 cm³/mol. The van der Waals surface area contributed by atoms with Crippen LogP contribution in [0.1, 0.15) is 19.4 Å². The molecular weight excluding hydrogens is 286 g/mol. The average Bonchev–Trinajstić information content (AvgIpc) is 2.49. The normalized spacial score (nSPS) is 10.6. The third-order valence-electron chi connectivity index (χ3n) is 2.61. The fourth-order valence-corrected chi connectivity index (χ4v) is 1.67. The summed E-state index contributed by atoms with van der Waals surface area (Å²) in [7, 11) is 3.08. The zero-order chi connectivity index (χ0) is 16.5. The van der Waals surface area contributed by atoms with Crippen LogP contribution in [0.15, 0.2) is 24.3 Å². The van der Waals surface area contributed by atoms with Crippen LogP contribution in [0, 0.1) is 0 Å². The molecule has 1 amide bonds. The molecule has 0 heterocycles. The second kappa shape index (κ2) is 8.71. The van der Waals surface area contributed by atoms with Gasteiger partial charge in [-0.25, -0.2) is 4.79 Å². The molecule has 0 fully saturated rings. The number of hydrogen-bond donors (Lipinski definition) is 1. The van der Waals surface area contributed by atoms with Crippen molar-refractivity contribution >= 4 is 18.0 Å². The van der Waals surface area contributed by atoms with Gasteiger partial charge in [-0.3, -0.25) is 4.79 Å². The van der Waals surface area contributed by atoms with E-state index in [1.165, 1.54) is 13.2 Å². The van der Waals surface area contributed by atoms with Crippen LogP contribution < -0.4 is 14.8 Å². The Labute approximate surface area is 130 Å². The third-order valence-corrected chi connectivity index (χ3v) is 2.61. The smallest absolute Gasteiger partial charge is 0.331 e. The molecule has 0 aliphatic heterocycles. The Kier molecular flexibility index (Phi) is 6.95. The molecule has 0 radical (unpaired) electrons. The summed E-state index contributed by atoms with van der Waals surface area (Å²) >= 11 is 0. The quantitative estimate of drug-likeness (QED) is 0.614. The van der Waals surface area contributed by atoms with Gasteiger partial charge in [0.15, 0.2) is 18.1 Å². The van der Waals surface area contributed by atoms with Crippen molar-refractivity contribution < 1.29 is 23.8 Å². The van der Waals surface area contributed by atoms with Gasteiger partial charge in [0, 0.05) is 12.1 Å². The molecule has 120 valence electrons. The number of carbonyl (C=O) groups is 2. The molecule has 6 heteroatoms. The Morgan fingerprint density at radius 2 is 1.86 bits per heavy atom. The van der Waals surface area contributed by atoms with Crippen molar-refractivity contribution in [1.29, 1.82) is 0 Å². The highest BCUT2D eigenvalue weighted by Crippen LogP contribution is 2.27. The minimum Gasteiger partial charge on any atom is -0.493 e. The van der Waals surface area contributed by atoms with Crippen LogP contribution >= 0.6 is 0 Å². The number of benzene rings is 1. The molecule has 0 spiro atoms. The lowest BCUT2D eigenvalue weighted by Crippen LogP contribution is -2.33. The van der Waals surface area contributed by atoms with Crippen molar-refractivity contribution in [3.8, 4) is 11.5 Å². The van der Waals surface area contributed by atoms with Gasteiger partial charge in [0.25, 0.3) is 5.91 Å². The minimum atomic E-state index is -0.589. The van der Waals surface area contributed by atoms with E-state index in [1.807, 2.05) is 13.8 Å². The number of nitrogens with one attached hydrogen (secondary N) is 1. The van der Waals surface area contributed by atoms with E-state index in [1.54, 1.807) is 31.4 Å². The van der Waals surface area contributed by atoms with E-state index < -0.39 is 5.97 Å². The SMILES string of the molecule is COc1ccc(C=CC(=O)OCC(=O)NC(C)C)cc1OC. The Balaban J connectivity index is 2.57. The van der Waals surface area contributed by atoms with E-state index in [2.05, 4.69) is 5.32 Å². The standard InChI is InChI=1S/C16H21NO5/c1-11(2)17-15(18)10-22-16(19)8-6-12-5-7-13(20-3)14(9-12)21-4/h5-9,11H,10H2,1-4H3,(H,17,18). The Bertz CT molecular complexity index is 551. The zero-order valence-electron chi connectivity index (χ0n) is 13.2. The van der Waals surface area contributed by atoms with Gasteiger partial charge in [0.2, 0.25) is 0 Å². The summed E-state index contributed by atoms with van der Waals surface area (Å²) in [6.45, 7) is 3.36. The summed E-state index contributed by atoms with van der Waals surface area (Å²) in [5, 5.41) is 2.63. The summed E-state index contributed by atoms with van der Waals surface area (Å²) in [6.07, 6.45) is 2.83. The van der Waals surface area contributed by atoms with E-state index in [0.717, 1.165) is 5.56 Å². The number of ether oxygens (including phenoxy) is 3. The second-order valence-corrected chi connectivity index (χ2v) is 4.78. The molecule has 22 heavy (non-hydrogen) atoms. The number of methoxy groups -OCH3 is 2. The van der Waals surface area contributed by atoms with Crippen molar-refractivity contribution in [3.05, 3.63) is 29.8 Å². The van der Waals surface area contributed by atoms with Gasteiger partial charge in [-0.2, -0.15) is 0 Å². The molecule has 1 aromatic carbocycles. The average molecular weight is 307 g/mol. The van der Waals surface area contributed by atoms with Crippen molar-refractivity contribution in [3.63, 3.8) is 0 Å². The van der Waals surface area contributed by atoms with Crippen LogP contribution in [0.4, 0.5) is 0 Å². The van der Waals surface area contributed by atoms with Gasteiger partial charge < -0.3 is 19.5 Å². The van der Waals surface area contributed by atoms with Crippen molar-refractivity contribution in [1.82, 2.24) is 5.32 Å². The molecule has 6 nitrogen and oxygen atoms in total. The maximum absolute atomic E-state index is 11.5. The number of carbonyl (C=O) groups excluding carboxylic acids is 2. The minimum absolute atomic E-state index is 0.00788. The molecule has 0 aliphatic carbocycles. The maximum atomic E-state index is 11.5. The topological polar surface area (TPSA) is 73.9 Å². The Hall–Kier alpha value is -2.50. The van der Waals surface area contributed by atoms with E-state index in [9.17, 15) is 9.59 Å². The van der Waals surface area contributed by atoms with Crippen LogP contribution in [0.5, 0.6) is 11.5 Å². The van der Waals surface area contributed by atoms with Gasteiger partial charge in [-0.1, -0.05) is 6.07 Å². The van der Waals surface area contributed by atoms with Gasteiger partial charge in [-0.05, 0) is 37.6 Å². The third kappa shape index (κ3) is 5.87. The number of rotatable bonds is 7.